The van der Waals surface area contributed by atoms with Gasteiger partial charge in [0, 0.05) is 0 Å². The van der Waals surface area contributed by atoms with Crippen molar-refractivity contribution in [3.8, 4) is 17.2 Å². The van der Waals surface area contributed by atoms with Gasteiger partial charge in [-0.3, -0.25) is 4.79 Å². The van der Waals surface area contributed by atoms with Crippen LogP contribution < -0.4 is 19.5 Å². The largest absolute Gasteiger partial charge is 0.493 e. The van der Waals surface area contributed by atoms with Crippen LogP contribution in [0, 0.1) is 20.8 Å². The molecule has 2 aromatic rings. The molecule has 0 aliphatic carbocycles. The van der Waals surface area contributed by atoms with Gasteiger partial charge in [-0.25, -0.2) is 0 Å². The van der Waals surface area contributed by atoms with Crippen molar-refractivity contribution in [3.05, 3.63) is 52.6 Å². The lowest BCUT2D eigenvalue weighted by atomic mass is 10.1. The van der Waals surface area contributed by atoms with Crippen molar-refractivity contribution < 1.29 is 19.0 Å². The van der Waals surface area contributed by atoms with Gasteiger partial charge in [-0.15, -0.1) is 0 Å². The summed E-state index contributed by atoms with van der Waals surface area (Å²) in [5, 5.41) is 2.94. The summed E-state index contributed by atoms with van der Waals surface area (Å²) in [6, 6.07) is 9.47. The quantitative estimate of drug-likeness (QED) is 0.817. The second-order valence-corrected chi connectivity index (χ2v) is 6.40. The molecule has 0 unspecified atom stereocenters. The van der Waals surface area contributed by atoms with Gasteiger partial charge in [0.25, 0.3) is 5.91 Å². The first-order valence-electron chi connectivity index (χ1n) is 8.57. The second-order valence-electron chi connectivity index (χ2n) is 6.40. The molecule has 0 aromatic heterocycles. The zero-order valence-corrected chi connectivity index (χ0v) is 16.3. The Kier molecular flexibility index (Phi) is 6.50. The van der Waals surface area contributed by atoms with E-state index < -0.39 is 0 Å². The Morgan fingerprint density at radius 2 is 1.69 bits per heavy atom. The van der Waals surface area contributed by atoms with Gasteiger partial charge in [0.1, 0.15) is 5.75 Å². The zero-order valence-electron chi connectivity index (χ0n) is 16.3. The SMILES string of the molecule is COc1ccc([C@@H](C)NC(=O)COc2cc(C)cc(C)c2C)cc1OC. The normalized spacial score (nSPS) is 11.6. The lowest BCUT2D eigenvalue weighted by Gasteiger charge is -2.17. The molecule has 140 valence electrons. The van der Waals surface area contributed by atoms with Crippen molar-refractivity contribution in [2.75, 3.05) is 20.8 Å². The Hall–Kier alpha value is -2.69. The molecular formula is C21H27NO4. The Morgan fingerprint density at radius 1 is 1.00 bits per heavy atom. The molecular weight excluding hydrogens is 330 g/mol. The lowest BCUT2D eigenvalue weighted by Crippen LogP contribution is -2.31. The summed E-state index contributed by atoms with van der Waals surface area (Å²) in [6.45, 7) is 7.93. The van der Waals surface area contributed by atoms with Gasteiger partial charge in [-0.1, -0.05) is 12.1 Å². The number of carbonyl (C=O) groups excluding carboxylic acids is 1. The molecule has 5 nitrogen and oxygen atoms in total. The fraction of sp³-hybridized carbons (Fsp3) is 0.381. The van der Waals surface area contributed by atoms with E-state index in [4.69, 9.17) is 14.2 Å². The maximum Gasteiger partial charge on any atom is 0.258 e. The molecule has 0 radical (unpaired) electrons. The number of rotatable bonds is 7. The van der Waals surface area contributed by atoms with Crippen molar-refractivity contribution >= 4 is 5.91 Å². The molecule has 5 heteroatoms. The minimum atomic E-state index is -0.175. The van der Waals surface area contributed by atoms with Crippen LogP contribution in [0.5, 0.6) is 17.2 Å². The molecule has 2 rings (SSSR count). The first kappa shape index (κ1) is 19.6. The average molecular weight is 357 g/mol. The molecule has 26 heavy (non-hydrogen) atoms. The van der Waals surface area contributed by atoms with Crippen LogP contribution in [-0.2, 0) is 4.79 Å². The van der Waals surface area contributed by atoms with Crippen molar-refractivity contribution in [1.29, 1.82) is 0 Å². The monoisotopic (exact) mass is 357 g/mol. The Balaban J connectivity index is 1.99. The summed E-state index contributed by atoms with van der Waals surface area (Å²) in [4.78, 5) is 12.3. The Morgan fingerprint density at radius 3 is 2.35 bits per heavy atom. The molecule has 0 aliphatic heterocycles. The highest BCUT2D eigenvalue weighted by Crippen LogP contribution is 2.30. The number of hydrogen-bond donors (Lipinski definition) is 1. The van der Waals surface area contributed by atoms with Crippen LogP contribution in [0.3, 0.4) is 0 Å². The highest BCUT2D eigenvalue weighted by atomic mass is 16.5. The predicted octanol–water partition coefficient (Wildman–Crippen LogP) is 3.89. The first-order valence-corrected chi connectivity index (χ1v) is 8.57. The third-order valence-electron chi connectivity index (χ3n) is 4.41. The minimum Gasteiger partial charge on any atom is -0.493 e. The molecule has 1 N–H and O–H groups in total. The fourth-order valence-corrected chi connectivity index (χ4v) is 2.78. The second kappa shape index (κ2) is 8.61. The standard InChI is InChI=1S/C21H27NO4/c1-13-9-14(2)15(3)19(10-13)26-12-21(23)22-16(4)17-7-8-18(24-5)20(11-17)25-6/h7-11,16H,12H2,1-6H3,(H,22,23)/t16-/m1/s1. The number of carbonyl (C=O) groups is 1. The van der Waals surface area contributed by atoms with Crippen LogP contribution in [0.4, 0.5) is 0 Å². The van der Waals surface area contributed by atoms with Gasteiger partial charge in [-0.2, -0.15) is 0 Å². The van der Waals surface area contributed by atoms with E-state index in [1.165, 1.54) is 0 Å². The minimum absolute atomic E-state index is 0.0264. The zero-order chi connectivity index (χ0) is 19.3. The van der Waals surface area contributed by atoms with Gasteiger partial charge in [0.2, 0.25) is 0 Å². The van der Waals surface area contributed by atoms with Crippen LogP contribution in [0.15, 0.2) is 30.3 Å². The number of amides is 1. The van der Waals surface area contributed by atoms with Gasteiger partial charge < -0.3 is 19.5 Å². The van der Waals surface area contributed by atoms with E-state index in [2.05, 4.69) is 11.4 Å². The van der Waals surface area contributed by atoms with Crippen molar-refractivity contribution in [2.45, 2.75) is 33.7 Å². The summed E-state index contributed by atoms with van der Waals surface area (Å²) in [5.41, 5.74) is 4.25. The molecule has 0 aliphatic rings. The summed E-state index contributed by atoms with van der Waals surface area (Å²) < 4.78 is 16.3. The maximum absolute atomic E-state index is 12.3. The van der Waals surface area contributed by atoms with E-state index in [0.29, 0.717) is 11.5 Å². The van der Waals surface area contributed by atoms with Gasteiger partial charge in [0.05, 0.1) is 20.3 Å². The van der Waals surface area contributed by atoms with Crippen LogP contribution in [0.25, 0.3) is 0 Å². The molecule has 1 atom stereocenters. The molecule has 0 saturated carbocycles. The molecule has 0 saturated heterocycles. The Bertz CT molecular complexity index is 786. The number of aryl methyl sites for hydroxylation is 2. The molecule has 0 fully saturated rings. The molecule has 0 bridgehead atoms. The predicted molar refractivity (Wildman–Crippen MR) is 102 cm³/mol. The van der Waals surface area contributed by atoms with Crippen molar-refractivity contribution in [1.82, 2.24) is 5.32 Å². The van der Waals surface area contributed by atoms with Gasteiger partial charge in [-0.05, 0) is 68.1 Å². The van der Waals surface area contributed by atoms with Crippen LogP contribution in [0.2, 0.25) is 0 Å². The van der Waals surface area contributed by atoms with Gasteiger partial charge >= 0.3 is 0 Å². The highest BCUT2D eigenvalue weighted by molar-refractivity contribution is 5.78. The van der Waals surface area contributed by atoms with Gasteiger partial charge in [0.15, 0.2) is 18.1 Å². The number of hydrogen-bond acceptors (Lipinski definition) is 4. The summed E-state index contributed by atoms with van der Waals surface area (Å²) in [7, 11) is 3.18. The molecule has 0 heterocycles. The fourth-order valence-electron chi connectivity index (χ4n) is 2.78. The third kappa shape index (κ3) is 4.69. The van der Waals surface area contributed by atoms with Crippen molar-refractivity contribution in [2.24, 2.45) is 0 Å². The topological polar surface area (TPSA) is 56.8 Å². The molecule has 1 amide bonds. The number of benzene rings is 2. The van der Waals surface area contributed by atoms with E-state index in [-0.39, 0.29) is 18.6 Å². The highest BCUT2D eigenvalue weighted by Gasteiger charge is 2.14. The van der Waals surface area contributed by atoms with Crippen LogP contribution >= 0.6 is 0 Å². The van der Waals surface area contributed by atoms with Crippen LogP contribution in [0.1, 0.15) is 35.2 Å². The van der Waals surface area contributed by atoms with Crippen molar-refractivity contribution in [3.63, 3.8) is 0 Å². The summed E-state index contributed by atoms with van der Waals surface area (Å²) in [5.74, 6) is 1.86. The average Bonchev–Trinajstić information content (AvgIpc) is 2.62. The van der Waals surface area contributed by atoms with E-state index in [0.717, 1.165) is 28.0 Å². The van der Waals surface area contributed by atoms with E-state index >= 15 is 0 Å². The van der Waals surface area contributed by atoms with E-state index in [1.54, 1.807) is 14.2 Å². The number of methoxy groups -OCH3 is 2. The first-order chi connectivity index (χ1) is 12.3. The maximum atomic E-state index is 12.3. The van der Waals surface area contributed by atoms with E-state index in [9.17, 15) is 4.79 Å². The molecule has 2 aromatic carbocycles. The van der Waals surface area contributed by atoms with Crippen LogP contribution in [-0.4, -0.2) is 26.7 Å². The molecule has 0 spiro atoms. The third-order valence-corrected chi connectivity index (χ3v) is 4.41. The summed E-state index contributed by atoms with van der Waals surface area (Å²) >= 11 is 0. The summed E-state index contributed by atoms with van der Waals surface area (Å²) in [6.07, 6.45) is 0. The van der Waals surface area contributed by atoms with E-state index in [1.807, 2.05) is 52.0 Å². The smallest absolute Gasteiger partial charge is 0.258 e. The lowest BCUT2D eigenvalue weighted by molar-refractivity contribution is -0.123. The number of nitrogens with one attached hydrogen (secondary N) is 1. The Labute approximate surface area is 155 Å². The number of ether oxygens (including phenoxy) is 3.